The molecule has 1 N–H and O–H groups in total. The Labute approximate surface area is 164 Å². The fourth-order valence-electron chi connectivity index (χ4n) is 2.75. The summed E-state index contributed by atoms with van der Waals surface area (Å²) in [6, 6.07) is 20.6. The number of rotatable bonds is 6. The second-order valence-corrected chi connectivity index (χ2v) is 6.60. The molecule has 0 unspecified atom stereocenters. The van der Waals surface area contributed by atoms with Gasteiger partial charge in [0.15, 0.2) is 0 Å². The molecular weight excluding hydrogens is 350 g/mol. The minimum Gasteiger partial charge on any atom is -0.331 e. The average molecular weight is 371 g/mol. The summed E-state index contributed by atoms with van der Waals surface area (Å²) in [7, 11) is 0. The van der Waals surface area contributed by atoms with E-state index in [1.165, 1.54) is 0 Å². The third-order valence-electron chi connectivity index (χ3n) is 4.20. The van der Waals surface area contributed by atoms with E-state index in [9.17, 15) is 4.79 Å². The van der Waals surface area contributed by atoms with Gasteiger partial charge in [-0.1, -0.05) is 36.4 Å². The van der Waals surface area contributed by atoms with Crippen LogP contribution in [-0.4, -0.2) is 26.8 Å². The van der Waals surface area contributed by atoms with Crippen LogP contribution in [0.5, 0.6) is 0 Å². The molecule has 0 aliphatic rings. The highest BCUT2D eigenvalue weighted by molar-refractivity contribution is 5.92. The van der Waals surface area contributed by atoms with E-state index < -0.39 is 0 Å². The van der Waals surface area contributed by atoms with Crippen molar-refractivity contribution in [1.29, 1.82) is 5.26 Å². The van der Waals surface area contributed by atoms with Gasteiger partial charge in [0.2, 0.25) is 5.95 Å². The molecule has 0 atom stereocenters. The largest absolute Gasteiger partial charge is 0.331 e. The van der Waals surface area contributed by atoms with Gasteiger partial charge in [0.25, 0.3) is 5.91 Å². The number of hydrogen-bond donors (Lipinski definition) is 1. The SMILES string of the molecule is CC(C)N(Cc1ccccc1)C(=O)c1ccnc(Nc2cccc(C#N)c2)n1. The van der Waals surface area contributed by atoms with Gasteiger partial charge < -0.3 is 10.2 Å². The molecule has 0 radical (unpaired) electrons. The summed E-state index contributed by atoms with van der Waals surface area (Å²) in [6.45, 7) is 4.47. The Morgan fingerprint density at radius 3 is 2.64 bits per heavy atom. The third kappa shape index (κ3) is 4.71. The summed E-state index contributed by atoms with van der Waals surface area (Å²) in [5.41, 5.74) is 2.60. The number of carbonyl (C=O) groups excluding carboxylic acids is 1. The van der Waals surface area contributed by atoms with E-state index in [0.717, 1.165) is 5.56 Å². The lowest BCUT2D eigenvalue weighted by atomic mass is 10.1. The molecule has 6 heteroatoms. The molecule has 1 amide bonds. The fourth-order valence-corrected chi connectivity index (χ4v) is 2.75. The molecule has 1 aromatic heterocycles. The van der Waals surface area contributed by atoms with E-state index in [1.807, 2.05) is 50.2 Å². The summed E-state index contributed by atoms with van der Waals surface area (Å²) in [6.07, 6.45) is 1.55. The second-order valence-electron chi connectivity index (χ2n) is 6.60. The maximum atomic E-state index is 13.1. The molecule has 140 valence electrons. The lowest BCUT2D eigenvalue weighted by Crippen LogP contribution is -2.37. The minimum atomic E-state index is -0.157. The van der Waals surface area contributed by atoms with E-state index in [-0.39, 0.29) is 11.9 Å². The maximum absolute atomic E-state index is 13.1. The van der Waals surface area contributed by atoms with E-state index in [1.54, 1.807) is 35.4 Å². The molecule has 0 bridgehead atoms. The van der Waals surface area contributed by atoms with Crippen LogP contribution in [0, 0.1) is 11.3 Å². The van der Waals surface area contributed by atoms with Gasteiger partial charge in [0, 0.05) is 24.5 Å². The fraction of sp³-hybridized carbons (Fsp3) is 0.182. The molecule has 0 aliphatic carbocycles. The highest BCUT2D eigenvalue weighted by Crippen LogP contribution is 2.16. The normalized spacial score (nSPS) is 10.4. The Balaban J connectivity index is 1.81. The Morgan fingerprint density at radius 1 is 1.14 bits per heavy atom. The van der Waals surface area contributed by atoms with Crippen molar-refractivity contribution in [1.82, 2.24) is 14.9 Å². The number of amides is 1. The molecule has 0 fully saturated rings. The Kier molecular flexibility index (Phi) is 5.97. The molecule has 3 aromatic rings. The molecule has 0 saturated heterocycles. The zero-order valence-corrected chi connectivity index (χ0v) is 15.8. The zero-order chi connectivity index (χ0) is 19.9. The summed E-state index contributed by atoms with van der Waals surface area (Å²) < 4.78 is 0. The van der Waals surface area contributed by atoms with E-state index in [4.69, 9.17) is 5.26 Å². The lowest BCUT2D eigenvalue weighted by Gasteiger charge is -2.26. The van der Waals surface area contributed by atoms with Crippen LogP contribution in [0.4, 0.5) is 11.6 Å². The van der Waals surface area contributed by atoms with Gasteiger partial charge in [-0.15, -0.1) is 0 Å². The topological polar surface area (TPSA) is 81.9 Å². The molecule has 6 nitrogen and oxygen atoms in total. The highest BCUT2D eigenvalue weighted by atomic mass is 16.2. The van der Waals surface area contributed by atoms with Crippen LogP contribution in [0.3, 0.4) is 0 Å². The number of carbonyl (C=O) groups is 1. The summed E-state index contributed by atoms with van der Waals surface area (Å²) in [5, 5.41) is 12.1. The first-order valence-corrected chi connectivity index (χ1v) is 9.02. The smallest absolute Gasteiger partial charge is 0.273 e. The second kappa shape index (κ2) is 8.78. The van der Waals surface area contributed by atoms with Crippen LogP contribution in [0.2, 0.25) is 0 Å². The van der Waals surface area contributed by atoms with Crippen LogP contribution in [0.15, 0.2) is 66.9 Å². The van der Waals surface area contributed by atoms with E-state index in [0.29, 0.717) is 29.4 Å². The lowest BCUT2D eigenvalue weighted by molar-refractivity contribution is 0.0684. The number of anilines is 2. The van der Waals surface area contributed by atoms with Crippen LogP contribution < -0.4 is 5.32 Å². The maximum Gasteiger partial charge on any atom is 0.273 e. The highest BCUT2D eigenvalue weighted by Gasteiger charge is 2.21. The van der Waals surface area contributed by atoms with Crippen molar-refractivity contribution in [2.24, 2.45) is 0 Å². The van der Waals surface area contributed by atoms with Crippen LogP contribution in [-0.2, 0) is 6.54 Å². The van der Waals surface area contributed by atoms with Gasteiger partial charge in [-0.2, -0.15) is 5.26 Å². The Hall–Kier alpha value is -3.72. The van der Waals surface area contributed by atoms with E-state index in [2.05, 4.69) is 21.4 Å². The monoisotopic (exact) mass is 371 g/mol. The third-order valence-corrected chi connectivity index (χ3v) is 4.20. The number of nitrogens with zero attached hydrogens (tertiary/aromatic N) is 4. The molecule has 2 aromatic carbocycles. The number of hydrogen-bond acceptors (Lipinski definition) is 5. The number of aromatic nitrogens is 2. The number of nitrogens with one attached hydrogen (secondary N) is 1. The Bertz CT molecular complexity index is 995. The Morgan fingerprint density at radius 2 is 1.93 bits per heavy atom. The summed E-state index contributed by atoms with van der Waals surface area (Å²) in [5.74, 6) is 0.152. The van der Waals surface area contributed by atoms with Crippen molar-refractivity contribution in [2.75, 3.05) is 5.32 Å². The predicted octanol–water partition coefficient (Wildman–Crippen LogP) is 4.14. The molecule has 0 aliphatic heterocycles. The van der Waals surface area contributed by atoms with Gasteiger partial charge in [-0.3, -0.25) is 4.79 Å². The quantitative estimate of drug-likeness (QED) is 0.704. The average Bonchev–Trinajstić information content (AvgIpc) is 2.72. The number of nitriles is 1. The van der Waals surface area contributed by atoms with Crippen molar-refractivity contribution in [3.63, 3.8) is 0 Å². The molecular formula is C22H21N5O. The van der Waals surface area contributed by atoms with Gasteiger partial charge in [0.1, 0.15) is 5.69 Å². The first-order chi connectivity index (χ1) is 13.6. The van der Waals surface area contributed by atoms with Crippen molar-refractivity contribution in [2.45, 2.75) is 26.4 Å². The molecule has 0 saturated carbocycles. The van der Waals surface area contributed by atoms with Crippen molar-refractivity contribution >= 4 is 17.5 Å². The first-order valence-electron chi connectivity index (χ1n) is 9.02. The molecule has 3 rings (SSSR count). The zero-order valence-electron chi connectivity index (χ0n) is 15.8. The molecule has 1 heterocycles. The van der Waals surface area contributed by atoms with Crippen LogP contribution in [0.1, 0.15) is 35.5 Å². The van der Waals surface area contributed by atoms with Gasteiger partial charge in [0.05, 0.1) is 11.6 Å². The van der Waals surface area contributed by atoms with E-state index >= 15 is 0 Å². The first kappa shape index (κ1) is 19.1. The predicted molar refractivity (Wildman–Crippen MR) is 108 cm³/mol. The minimum absolute atomic E-state index is 0.0198. The number of benzene rings is 2. The standard InChI is InChI=1S/C22H21N5O/c1-16(2)27(15-17-7-4-3-5-8-17)21(28)20-11-12-24-22(26-20)25-19-10-6-9-18(13-19)14-23/h3-13,16H,15H2,1-2H3,(H,24,25,26). The summed E-state index contributed by atoms with van der Waals surface area (Å²) >= 11 is 0. The van der Waals surface area contributed by atoms with Gasteiger partial charge in [-0.25, -0.2) is 9.97 Å². The van der Waals surface area contributed by atoms with Crippen molar-refractivity contribution < 1.29 is 4.79 Å². The molecule has 28 heavy (non-hydrogen) atoms. The molecule has 0 spiro atoms. The van der Waals surface area contributed by atoms with Gasteiger partial charge >= 0.3 is 0 Å². The van der Waals surface area contributed by atoms with Gasteiger partial charge in [-0.05, 0) is 43.7 Å². The summed E-state index contributed by atoms with van der Waals surface area (Å²) in [4.78, 5) is 23.4. The van der Waals surface area contributed by atoms with Crippen LogP contribution >= 0.6 is 0 Å². The van der Waals surface area contributed by atoms with Crippen LogP contribution in [0.25, 0.3) is 0 Å². The van der Waals surface area contributed by atoms with Crippen molar-refractivity contribution in [3.05, 3.63) is 83.7 Å². The van der Waals surface area contributed by atoms with Crippen molar-refractivity contribution in [3.8, 4) is 6.07 Å².